The number of aliphatic hydroxyl groups excluding tert-OH is 1. The van der Waals surface area contributed by atoms with Crippen LogP contribution in [0.25, 0.3) is 0 Å². The Morgan fingerprint density at radius 1 is 1.05 bits per heavy atom. The quantitative estimate of drug-likeness (QED) is 0.857. The van der Waals surface area contributed by atoms with Crippen LogP contribution in [0.15, 0.2) is 48.5 Å². The van der Waals surface area contributed by atoms with E-state index in [0.29, 0.717) is 5.69 Å². The predicted molar refractivity (Wildman–Crippen MR) is 84.1 cm³/mol. The minimum absolute atomic E-state index is 0.0382. The van der Waals surface area contributed by atoms with Gasteiger partial charge < -0.3 is 10.4 Å². The summed E-state index contributed by atoms with van der Waals surface area (Å²) < 4.78 is 24.7. The van der Waals surface area contributed by atoms with Gasteiger partial charge in [0.25, 0.3) is 0 Å². The molecule has 6 heteroatoms. The second kappa shape index (κ2) is 7.82. The van der Waals surface area contributed by atoms with Gasteiger partial charge in [0.05, 0.1) is 6.61 Å². The molecule has 2 aromatic carbocycles. The van der Waals surface area contributed by atoms with E-state index in [0.717, 1.165) is 11.1 Å². The molecule has 0 bridgehead atoms. The number of nitrogens with one attached hydrogen (secondary N) is 1. The summed E-state index contributed by atoms with van der Waals surface area (Å²) in [6, 6.07) is 12.5. The molecule has 2 N–H and O–H groups in total. The Balaban J connectivity index is 1.85. The SMILES string of the molecule is O=C(CS(=O)Cc1ccc(CO)cc1)Nc1ccc(F)cc1. The molecule has 2 rings (SSSR count). The zero-order valence-corrected chi connectivity index (χ0v) is 12.6. The molecule has 0 aromatic heterocycles. The van der Waals surface area contributed by atoms with E-state index in [1.165, 1.54) is 24.3 Å². The number of hydrogen-bond donors (Lipinski definition) is 2. The standard InChI is InChI=1S/C16H16FNO3S/c17-14-5-7-15(8-6-14)18-16(20)11-22(21)10-13-3-1-12(9-19)2-4-13/h1-8,19H,9-11H2,(H,18,20). The minimum Gasteiger partial charge on any atom is -0.392 e. The van der Waals surface area contributed by atoms with E-state index >= 15 is 0 Å². The molecule has 0 radical (unpaired) electrons. The number of carbonyl (C=O) groups excluding carboxylic acids is 1. The lowest BCUT2D eigenvalue weighted by Gasteiger charge is -2.06. The highest BCUT2D eigenvalue weighted by Crippen LogP contribution is 2.10. The van der Waals surface area contributed by atoms with E-state index in [1.54, 1.807) is 24.3 Å². The smallest absolute Gasteiger partial charge is 0.237 e. The first-order valence-electron chi connectivity index (χ1n) is 6.66. The van der Waals surface area contributed by atoms with Crippen LogP contribution in [0.1, 0.15) is 11.1 Å². The number of anilines is 1. The monoisotopic (exact) mass is 321 g/mol. The average molecular weight is 321 g/mol. The lowest BCUT2D eigenvalue weighted by Crippen LogP contribution is -2.20. The third-order valence-electron chi connectivity index (χ3n) is 2.95. The molecule has 0 saturated carbocycles. The van der Waals surface area contributed by atoms with Crippen LogP contribution in [0.5, 0.6) is 0 Å². The molecule has 4 nitrogen and oxygen atoms in total. The van der Waals surface area contributed by atoms with Crippen molar-refractivity contribution in [1.82, 2.24) is 0 Å². The van der Waals surface area contributed by atoms with Crippen LogP contribution in [0.2, 0.25) is 0 Å². The summed E-state index contributed by atoms with van der Waals surface area (Å²) in [6.45, 7) is -0.0382. The second-order valence-electron chi connectivity index (χ2n) is 4.76. The van der Waals surface area contributed by atoms with Gasteiger partial charge in [0.15, 0.2) is 0 Å². The molecule has 1 amide bonds. The van der Waals surface area contributed by atoms with Gasteiger partial charge in [0, 0.05) is 22.2 Å². The molecule has 0 aliphatic rings. The summed E-state index contributed by atoms with van der Waals surface area (Å²) in [5.41, 5.74) is 2.09. The summed E-state index contributed by atoms with van der Waals surface area (Å²) in [6.07, 6.45) is 0. The van der Waals surface area contributed by atoms with Crippen LogP contribution in [0, 0.1) is 5.82 Å². The van der Waals surface area contributed by atoms with Gasteiger partial charge in [-0.2, -0.15) is 0 Å². The first-order valence-corrected chi connectivity index (χ1v) is 8.14. The number of benzene rings is 2. The molecule has 0 spiro atoms. The van der Waals surface area contributed by atoms with Gasteiger partial charge in [-0.1, -0.05) is 24.3 Å². The summed E-state index contributed by atoms with van der Waals surface area (Å²) in [4.78, 5) is 11.8. The lowest BCUT2D eigenvalue weighted by atomic mass is 10.2. The molecule has 116 valence electrons. The van der Waals surface area contributed by atoms with Crippen LogP contribution < -0.4 is 5.32 Å². The number of halogens is 1. The van der Waals surface area contributed by atoms with Crippen molar-refractivity contribution in [3.8, 4) is 0 Å². The Bertz CT molecular complexity index is 656. The fraction of sp³-hybridized carbons (Fsp3) is 0.188. The number of aliphatic hydroxyl groups is 1. The molecule has 0 saturated heterocycles. The Kier molecular flexibility index (Phi) is 5.80. The third kappa shape index (κ3) is 5.05. The molecule has 0 fully saturated rings. The van der Waals surface area contributed by atoms with Gasteiger partial charge >= 0.3 is 0 Å². The topological polar surface area (TPSA) is 66.4 Å². The van der Waals surface area contributed by atoms with E-state index < -0.39 is 10.8 Å². The lowest BCUT2D eigenvalue weighted by molar-refractivity contribution is -0.113. The largest absolute Gasteiger partial charge is 0.392 e. The van der Waals surface area contributed by atoms with Crippen molar-refractivity contribution in [1.29, 1.82) is 0 Å². The Labute approximate surface area is 130 Å². The van der Waals surface area contributed by atoms with Crippen LogP contribution in [-0.4, -0.2) is 21.0 Å². The normalized spacial score (nSPS) is 11.9. The number of amides is 1. The van der Waals surface area contributed by atoms with Gasteiger partial charge in [0.2, 0.25) is 5.91 Å². The number of carbonyl (C=O) groups is 1. The Hall–Kier alpha value is -2.05. The van der Waals surface area contributed by atoms with Crippen LogP contribution in [-0.2, 0) is 28.0 Å². The van der Waals surface area contributed by atoms with Crippen LogP contribution >= 0.6 is 0 Å². The maximum absolute atomic E-state index is 12.8. The maximum Gasteiger partial charge on any atom is 0.237 e. The zero-order chi connectivity index (χ0) is 15.9. The second-order valence-corrected chi connectivity index (χ2v) is 6.22. The Morgan fingerprint density at radius 2 is 1.64 bits per heavy atom. The highest BCUT2D eigenvalue weighted by Gasteiger charge is 2.09. The molecule has 22 heavy (non-hydrogen) atoms. The van der Waals surface area contributed by atoms with E-state index in [2.05, 4.69) is 5.32 Å². The highest BCUT2D eigenvalue weighted by atomic mass is 32.2. The van der Waals surface area contributed by atoms with Crippen LogP contribution in [0.4, 0.5) is 10.1 Å². The van der Waals surface area contributed by atoms with Crippen LogP contribution in [0.3, 0.4) is 0 Å². The predicted octanol–water partition coefficient (Wildman–Crippen LogP) is 2.21. The van der Waals surface area contributed by atoms with Gasteiger partial charge in [-0.25, -0.2) is 4.39 Å². The maximum atomic E-state index is 12.8. The Morgan fingerprint density at radius 3 is 2.23 bits per heavy atom. The zero-order valence-electron chi connectivity index (χ0n) is 11.8. The van der Waals surface area contributed by atoms with Gasteiger partial charge in [-0.05, 0) is 35.4 Å². The van der Waals surface area contributed by atoms with E-state index in [4.69, 9.17) is 5.11 Å². The number of rotatable bonds is 6. The fourth-order valence-corrected chi connectivity index (χ4v) is 2.89. The van der Waals surface area contributed by atoms with Gasteiger partial charge in [-0.15, -0.1) is 0 Å². The summed E-state index contributed by atoms with van der Waals surface area (Å²) >= 11 is 0. The fourth-order valence-electron chi connectivity index (χ4n) is 1.85. The average Bonchev–Trinajstić information content (AvgIpc) is 2.50. The minimum atomic E-state index is -1.34. The molecule has 2 aromatic rings. The van der Waals surface area contributed by atoms with E-state index in [1.807, 2.05) is 0 Å². The molecule has 1 atom stereocenters. The van der Waals surface area contributed by atoms with Crippen molar-refractivity contribution in [2.45, 2.75) is 12.4 Å². The summed E-state index contributed by atoms with van der Waals surface area (Å²) in [5.74, 6) is -0.619. The molecule has 1 unspecified atom stereocenters. The summed E-state index contributed by atoms with van der Waals surface area (Å²) in [5, 5.41) is 11.5. The first-order chi connectivity index (χ1) is 10.6. The summed E-state index contributed by atoms with van der Waals surface area (Å²) in [7, 11) is -1.34. The molecule has 0 aliphatic carbocycles. The van der Waals surface area contributed by atoms with E-state index in [9.17, 15) is 13.4 Å². The van der Waals surface area contributed by atoms with Crippen molar-refractivity contribution >= 4 is 22.4 Å². The number of hydrogen-bond acceptors (Lipinski definition) is 3. The molecular formula is C16H16FNO3S. The van der Waals surface area contributed by atoms with Crippen molar-refractivity contribution in [3.05, 3.63) is 65.5 Å². The molecule has 0 heterocycles. The van der Waals surface area contributed by atoms with Gasteiger partial charge in [-0.3, -0.25) is 9.00 Å². The van der Waals surface area contributed by atoms with Crippen molar-refractivity contribution < 1.29 is 18.5 Å². The van der Waals surface area contributed by atoms with Gasteiger partial charge in [0.1, 0.15) is 11.6 Å². The van der Waals surface area contributed by atoms with E-state index in [-0.39, 0.29) is 29.8 Å². The van der Waals surface area contributed by atoms with Crippen molar-refractivity contribution in [3.63, 3.8) is 0 Å². The molecule has 0 aliphatic heterocycles. The van der Waals surface area contributed by atoms with Crippen molar-refractivity contribution in [2.24, 2.45) is 0 Å². The highest BCUT2D eigenvalue weighted by molar-refractivity contribution is 7.84. The van der Waals surface area contributed by atoms with Crippen molar-refractivity contribution in [2.75, 3.05) is 11.1 Å². The molecular weight excluding hydrogens is 305 g/mol. The first kappa shape index (κ1) is 16.3. The third-order valence-corrected chi connectivity index (χ3v) is 4.19.